The van der Waals surface area contributed by atoms with Crippen LogP contribution in [-0.4, -0.2) is 30.7 Å². The smallest absolute Gasteiger partial charge is 0.251 e. The number of benzene rings is 1. The van der Waals surface area contributed by atoms with Crippen molar-refractivity contribution in [2.75, 3.05) is 19.8 Å². The number of carbonyl (C=O) groups is 1. The average molecular weight is 280 g/mol. The molecule has 0 atom stereocenters. The van der Waals surface area contributed by atoms with E-state index in [0.29, 0.717) is 48.2 Å². The maximum atomic E-state index is 11.9. The molecular weight excluding hydrogens is 264 g/mol. The van der Waals surface area contributed by atoms with E-state index in [4.69, 9.17) is 27.4 Å². The summed E-state index contributed by atoms with van der Waals surface area (Å²) in [6.45, 7) is 1.59. The Labute approximate surface area is 117 Å². The minimum Gasteiger partial charge on any atom is -0.486 e. The zero-order valence-electron chi connectivity index (χ0n) is 10.5. The molecule has 102 valence electrons. The van der Waals surface area contributed by atoms with Crippen LogP contribution in [0, 0.1) is 0 Å². The van der Waals surface area contributed by atoms with Crippen LogP contribution in [0.25, 0.3) is 0 Å². The molecule has 0 saturated carbocycles. The fourth-order valence-corrected chi connectivity index (χ4v) is 1.90. The number of hydrogen-bond donors (Lipinski definition) is 2. The molecule has 6 heteroatoms. The van der Waals surface area contributed by atoms with E-state index >= 15 is 0 Å². The number of carbonyl (C=O) groups excluding carboxylic acids is 1. The lowest BCUT2D eigenvalue weighted by atomic mass is 10.1. The molecule has 1 aliphatic rings. The maximum absolute atomic E-state index is 11.9. The van der Waals surface area contributed by atoms with Crippen molar-refractivity contribution in [3.8, 4) is 11.5 Å². The molecule has 19 heavy (non-hydrogen) atoms. The normalized spacial score (nSPS) is 12.8. The standard InChI is InChI=1S/C13H16N2O3S/c14-12(19)2-1-5-15-13(16)9-3-4-10-11(8-9)18-7-6-17-10/h3-4,8H,1-2,5-7H2,(H2,14,19)(H,15,16). The Morgan fingerprint density at radius 1 is 1.32 bits per heavy atom. The number of amides is 1. The Morgan fingerprint density at radius 2 is 2.05 bits per heavy atom. The van der Waals surface area contributed by atoms with Gasteiger partial charge in [0.1, 0.15) is 13.2 Å². The Balaban J connectivity index is 1.90. The summed E-state index contributed by atoms with van der Waals surface area (Å²) in [4.78, 5) is 12.4. The first-order chi connectivity index (χ1) is 9.16. The second-order valence-corrected chi connectivity index (χ2v) is 4.71. The second kappa shape index (κ2) is 6.38. The predicted molar refractivity (Wildman–Crippen MR) is 75.8 cm³/mol. The molecule has 0 spiro atoms. The molecule has 3 N–H and O–H groups in total. The molecule has 1 heterocycles. The van der Waals surface area contributed by atoms with Crippen LogP contribution >= 0.6 is 12.2 Å². The largest absolute Gasteiger partial charge is 0.486 e. The van der Waals surface area contributed by atoms with Crippen LogP contribution in [0.3, 0.4) is 0 Å². The molecule has 5 nitrogen and oxygen atoms in total. The number of rotatable bonds is 5. The molecule has 0 aliphatic carbocycles. The fraction of sp³-hybridized carbons (Fsp3) is 0.385. The van der Waals surface area contributed by atoms with Gasteiger partial charge in [0.25, 0.3) is 5.91 Å². The summed E-state index contributed by atoms with van der Waals surface area (Å²) in [6, 6.07) is 5.16. The molecule has 1 aliphatic heterocycles. The van der Waals surface area contributed by atoms with Crippen LogP contribution in [0.1, 0.15) is 23.2 Å². The maximum Gasteiger partial charge on any atom is 0.251 e. The van der Waals surface area contributed by atoms with Gasteiger partial charge < -0.3 is 20.5 Å². The SMILES string of the molecule is NC(=S)CCCNC(=O)c1ccc2c(c1)OCCO2. The van der Waals surface area contributed by atoms with E-state index in [1.807, 2.05) is 0 Å². The summed E-state index contributed by atoms with van der Waals surface area (Å²) in [7, 11) is 0. The van der Waals surface area contributed by atoms with Crippen LogP contribution < -0.4 is 20.5 Å². The van der Waals surface area contributed by atoms with Crippen molar-refractivity contribution >= 4 is 23.1 Å². The number of thiocarbonyl (C=S) groups is 1. The van der Waals surface area contributed by atoms with Crippen molar-refractivity contribution in [1.82, 2.24) is 5.32 Å². The molecule has 0 radical (unpaired) electrons. The van der Waals surface area contributed by atoms with Gasteiger partial charge >= 0.3 is 0 Å². The Hall–Kier alpha value is -1.82. The van der Waals surface area contributed by atoms with E-state index in [2.05, 4.69) is 5.32 Å². The van der Waals surface area contributed by atoms with E-state index in [9.17, 15) is 4.79 Å². The van der Waals surface area contributed by atoms with Crippen LogP contribution in [0.4, 0.5) is 0 Å². The summed E-state index contributed by atoms with van der Waals surface area (Å²) in [5, 5.41) is 2.81. The number of hydrogen-bond acceptors (Lipinski definition) is 4. The second-order valence-electron chi connectivity index (χ2n) is 4.18. The monoisotopic (exact) mass is 280 g/mol. The van der Waals surface area contributed by atoms with Crippen molar-refractivity contribution in [3.63, 3.8) is 0 Å². The lowest BCUT2D eigenvalue weighted by molar-refractivity contribution is 0.0952. The van der Waals surface area contributed by atoms with Crippen LogP contribution in [0.5, 0.6) is 11.5 Å². The van der Waals surface area contributed by atoms with Crippen molar-refractivity contribution in [3.05, 3.63) is 23.8 Å². The van der Waals surface area contributed by atoms with Crippen molar-refractivity contribution in [2.24, 2.45) is 5.73 Å². The van der Waals surface area contributed by atoms with E-state index < -0.39 is 0 Å². The fourth-order valence-electron chi connectivity index (χ4n) is 1.75. The van der Waals surface area contributed by atoms with Gasteiger partial charge in [-0.2, -0.15) is 0 Å². The molecular formula is C13H16N2O3S. The highest BCUT2D eigenvalue weighted by Gasteiger charge is 2.14. The topological polar surface area (TPSA) is 73.6 Å². The number of ether oxygens (including phenoxy) is 2. The molecule has 1 aromatic rings. The number of nitrogens with two attached hydrogens (primary N) is 1. The first kappa shape index (κ1) is 13.6. The van der Waals surface area contributed by atoms with Gasteiger partial charge in [0.2, 0.25) is 0 Å². The molecule has 0 aromatic heterocycles. The van der Waals surface area contributed by atoms with Gasteiger partial charge in [-0.15, -0.1) is 0 Å². The third-order valence-electron chi connectivity index (χ3n) is 2.69. The van der Waals surface area contributed by atoms with E-state index in [0.717, 1.165) is 6.42 Å². The molecule has 0 bridgehead atoms. The molecule has 0 unspecified atom stereocenters. The lowest BCUT2D eigenvalue weighted by Gasteiger charge is -2.18. The Morgan fingerprint density at radius 3 is 2.79 bits per heavy atom. The Bertz CT molecular complexity index is 491. The van der Waals surface area contributed by atoms with Gasteiger partial charge in [-0.05, 0) is 31.0 Å². The molecule has 0 fully saturated rings. The molecule has 0 saturated heterocycles. The van der Waals surface area contributed by atoms with Crippen molar-refractivity contribution < 1.29 is 14.3 Å². The highest BCUT2D eigenvalue weighted by molar-refractivity contribution is 7.80. The number of nitrogens with one attached hydrogen (secondary N) is 1. The highest BCUT2D eigenvalue weighted by Crippen LogP contribution is 2.30. The minimum atomic E-state index is -0.139. The third kappa shape index (κ3) is 3.82. The van der Waals surface area contributed by atoms with Gasteiger partial charge in [0.15, 0.2) is 11.5 Å². The summed E-state index contributed by atoms with van der Waals surface area (Å²) in [5.74, 6) is 1.15. The summed E-state index contributed by atoms with van der Waals surface area (Å²) in [6.07, 6.45) is 1.38. The van der Waals surface area contributed by atoms with Crippen LogP contribution in [0.15, 0.2) is 18.2 Å². The Kier molecular flexibility index (Phi) is 4.57. The quantitative estimate of drug-likeness (QED) is 0.627. The van der Waals surface area contributed by atoms with E-state index in [-0.39, 0.29) is 5.91 Å². The van der Waals surface area contributed by atoms with Gasteiger partial charge in [0, 0.05) is 12.1 Å². The van der Waals surface area contributed by atoms with Gasteiger partial charge in [-0.25, -0.2) is 0 Å². The van der Waals surface area contributed by atoms with Gasteiger partial charge in [0.05, 0.1) is 4.99 Å². The van der Waals surface area contributed by atoms with Gasteiger partial charge in [-0.1, -0.05) is 12.2 Å². The minimum absolute atomic E-state index is 0.139. The molecule has 2 rings (SSSR count). The van der Waals surface area contributed by atoms with Crippen LogP contribution in [-0.2, 0) is 0 Å². The molecule has 1 aromatic carbocycles. The predicted octanol–water partition coefficient (Wildman–Crippen LogP) is 1.25. The zero-order chi connectivity index (χ0) is 13.7. The molecule has 1 amide bonds. The van der Waals surface area contributed by atoms with E-state index in [1.54, 1.807) is 18.2 Å². The van der Waals surface area contributed by atoms with Crippen LogP contribution in [0.2, 0.25) is 0 Å². The zero-order valence-corrected chi connectivity index (χ0v) is 11.3. The average Bonchev–Trinajstić information content (AvgIpc) is 2.42. The third-order valence-corrected chi connectivity index (χ3v) is 2.89. The highest BCUT2D eigenvalue weighted by atomic mass is 32.1. The summed E-state index contributed by atoms with van der Waals surface area (Å²) < 4.78 is 10.8. The summed E-state index contributed by atoms with van der Waals surface area (Å²) >= 11 is 4.77. The first-order valence-electron chi connectivity index (χ1n) is 6.13. The summed E-state index contributed by atoms with van der Waals surface area (Å²) in [5.41, 5.74) is 5.94. The lowest BCUT2D eigenvalue weighted by Crippen LogP contribution is -2.25. The first-order valence-corrected chi connectivity index (χ1v) is 6.54. The van der Waals surface area contributed by atoms with Crippen molar-refractivity contribution in [1.29, 1.82) is 0 Å². The van der Waals surface area contributed by atoms with E-state index in [1.165, 1.54) is 0 Å². The van der Waals surface area contributed by atoms with Crippen molar-refractivity contribution in [2.45, 2.75) is 12.8 Å². The number of fused-ring (bicyclic) bond motifs is 1. The van der Waals surface area contributed by atoms with Gasteiger partial charge in [-0.3, -0.25) is 4.79 Å².